The van der Waals surface area contributed by atoms with Crippen molar-refractivity contribution in [3.63, 3.8) is 0 Å². The molecule has 0 aromatic heterocycles. The first-order chi connectivity index (χ1) is 12.4. The highest BCUT2D eigenvalue weighted by Gasteiger charge is 2.56. The van der Waals surface area contributed by atoms with Crippen molar-refractivity contribution in [3.05, 3.63) is 70.8 Å². The van der Waals surface area contributed by atoms with Crippen LogP contribution in [0.5, 0.6) is 0 Å². The van der Waals surface area contributed by atoms with E-state index in [9.17, 15) is 5.11 Å². The normalized spacial score (nSPS) is 33.6. The number of aryl methyl sites for hydroxylation is 2. The number of hydrogen-bond acceptors (Lipinski definition) is 2. The maximum absolute atomic E-state index is 11.2. The van der Waals surface area contributed by atoms with Crippen LogP contribution in [0.25, 0.3) is 0 Å². The second kappa shape index (κ2) is 6.51. The first-order valence-corrected chi connectivity index (χ1v) is 9.88. The van der Waals surface area contributed by atoms with E-state index >= 15 is 0 Å². The van der Waals surface area contributed by atoms with Gasteiger partial charge in [-0.05, 0) is 76.1 Å². The average molecular weight is 350 g/mol. The van der Waals surface area contributed by atoms with Gasteiger partial charge in [-0.3, -0.25) is 0 Å². The van der Waals surface area contributed by atoms with Crippen molar-refractivity contribution in [2.24, 2.45) is 5.92 Å². The van der Waals surface area contributed by atoms with E-state index in [0.29, 0.717) is 17.8 Å². The monoisotopic (exact) mass is 349 g/mol. The molecule has 2 aromatic rings. The van der Waals surface area contributed by atoms with Gasteiger partial charge in [-0.25, -0.2) is 0 Å². The highest BCUT2D eigenvalue weighted by atomic mass is 16.3. The highest BCUT2D eigenvalue weighted by Crippen LogP contribution is 2.59. The van der Waals surface area contributed by atoms with Crippen LogP contribution in [0.2, 0.25) is 0 Å². The second-order valence-corrected chi connectivity index (χ2v) is 8.91. The second-order valence-electron chi connectivity index (χ2n) is 8.91. The molecule has 0 radical (unpaired) electrons. The molecule has 2 nitrogen and oxygen atoms in total. The molecule has 3 unspecified atom stereocenters. The number of rotatable bonds is 3. The summed E-state index contributed by atoms with van der Waals surface area (Å²) in [5, 5.41) is 11.2. The van der Waals surface area contributed by atoms with Gasteiger partial charge in [-0.2, -0.15) is 0 Å². The van der Waals surface area contributed by atoms with Gasteiger partial charge in [0, 0.05) is 5.54 Å². The number of hydrogen-bond donors (Lipinski definition) is 1. The molecule has 3 saturated carbocycles. The van der Waals surface area contributed by atoms with Crippen molar-refractivity contribution < 1.29 is 5.11 Å². The zero-order chi connectivity index (χ0) is 18.5. The smallest absolute Gasteiger partial charge is 0.0597 e. The Morgan fingerprint density at radius 1 is 0.769 bits per heavy atom. The molecule has 3 aliphatic rings. The lowest BCUT2D eigenvalue weighted by Crippen LogP contribution is -2.60. The molecule has 3 fully saturated rings. The third kappa shape index (κ3) is 2.90. The molecule has 2 heteroatoms. The van der Waals surface area contributed by atoms with Crippen LogP contribution in [0, 0.1) is 19.8 Å². The zero-order valence-corrected chi connectivity index (χ0v) is 16.4. The third-order valence-corrected chi connectivity index (χ3v) is 7.12. The van der Waals surface area contributed by atoms with Crippen LogP contribution in [0.1, 0.15) is 53.4 Å². The quantitative estimate of drug-likeness (QED) is 0.872. The fourth-order valence-electron chi connectivity index (χ4n) is 5.54. The molecule has 1 N–H and O–H groups in total. The summed E-state index contributed by atoms with van der Waals surface area (Å²) >= 11 is 0. The highest BCUT2D eigenvalue weighted by molar-refractivity contribution is 5.34. The summed E-state index contributed by atoms with van der Waals surface area (Å²) in [6, 6.07) is 18.0. The van der Waals surface area contributed by atoms with Gasteiger partial charge < -0.3 is 10.0 Å². The molecular weight excluding hydrogens is 318 g/mol. The molecule has 3 aliphatic carbocycles. The van der Waals surface area contributed by atoms with Crippen molar-refractivity contribution in [1.29, 1.82) is 0 Å². The van der Waals surface area contributed by atoms with E-state index in [1.807, 2.05) is 0 Å². The number of aliphatic hydroxyl groups is 1. The molecule has 2 bridgehead atoms. The predicted octanol–water partition coefficient (Wildman–Crippen LogP) is 4.65. The van der Waals surface area contributed by atoms with Crippen LogP contribution in [-0.2, 0) is 0 Å². The lowest BCUT2D eigenvalue weighted by molar-refractivity contribution is -0.0909. The summed E-state index contributed by atoms with van der Waals surface area (Å²) < 4.78 is 0. The molecular formula is C24H31NO. The van der Waals surface area contributed by atoms with Crippen LogP contribution in [-0.4, -0.2) is 35.7 Å². The van der Waals surface area contributed by atoms with Crippen molar-refractivity contribution in [3.8, 4) is 0 Å². The first kappa shape index (κ1) is 17.8. The molecule has 0 aliphatic heterocycles. The maximum Gasteiger partial charge on any atom is 0.0597 e. The van der Waals surface area contributed by atoms with Gasteiger partial charge in [0.1, 0.15) is 0 Å². The number of nitrogens with zero attached hydrogens (tertiary/aromatic N) is 1. The van der Waals surface area contributed by atoms with E-state index in [-0.39, 0.29) is 11.6 Å². The molecule has 0 heterocycles. The Morgan fingerprint density at radius 3 is 1.58 bits per heavy atom. The number of aliphatic hydroxyl groups excluding tert-OH is 1. The summed E-state index contributed by atoms with van der Waals surface area (Å²) in [5.74, 6) is 1.14. The minimum atomic E-state index is -0.238. The summed E-state index contributed by atoms with van der Waals surface area (Å²) in [7, 11) is 4.38. The molecule has 2 aromatic carbocycles. The van der Waals surface area contributed by atoms with Crippen LogP contribution >= 0.6 is 0 Å². The van der Waals surface area contributed by atoms with Crippen LogP contribution in [0.4, 0.5) is 0 Å². The van der Waals surface area contributed by atoms with Gasteiger partial charge in [0.15, 0.2) is 0 Å². The largest absolute Gasteiger partial charge is 0.393 e. The molecule has 26 heavy (non-hydrogen) atoms. The number of benzene rings is 2. The van der Waals surface area contributed by atoms with Gasteiger partial charge in [-0.15, -0.1) is 0 Å². The van der Waals surface area contributed by atoms with Gasteiger partial charge in [-0.1, -0.05) is 59.7 Å². The molecule has 0 saturated heterocycles. The van der Waals surface area contributed by atoms with Crippen molar-refractivity contribution in [2.75, 3.05) is 14.1 Å². The summed E-state index contributed by atoms with van der Waals surface area (Å²) in [5.41, 5.74) is 5.46. The zero-order valence-electron chi connectivity index (χ0n) is 16.4. The molecule has 0 spiro atoms. The summed E-state index contributed by atoms with van der Waals surface area (Å²) in [6.07, 6.45) is 2.95. The minimum absolute atomic E-state index is 0.0826. The van der Waals surface area contributed by atoms with Gasteiger partial charge >= 0.3 is 0 Å². The number of fused-ring (bicyclic) bond motifs is 3. The lowest BCUT2D eigenvalue weighted by atomic mass is 9.52. The minimum Gasteiger partial charge on any atom is -0.393 e. The molecule has 3 atom stereocenters. The van der Waals surface area contributed by atoms with Crippen LogP contribution in [0.3, 0.4) is 0 Å². The first-order valence-electron chi connectivity index (χ1n) is 9.88. The van der Waals surface area contributed by atoms with E-state index in [1.54, 1.807) is 0 Å². The van der Waals surface area contributed by atoms with Crippen molar-refractivity contribution in [1.82, 2.24) is 4.90 Å². The third-order valence-electron chi connectivity index (χ3n) is 7.12. The van der Waals surface area contributed by atoms with Gasteiger partial charge in [0.25, 0.3) is 0 Å². The standard InChI is InChI=1S/C24H31NO/c1-16-5-9-18(10-6-16)20-13-24(25(3)4)14-21(23(20)22(26)15-24)19-11-7-17(2)8-12-19/h5-12,20-23,26H,13-15H2,1-4H3. The van der Waals surface area contributed by atoms with E-state index in [4.69, 9.17) is 0 Å². The molecule has 5 rings (SSSR count). The Labute approximate surface area is 157 Å². The average Bonchev–Trinajstić information content (AvgIpc) is 2.62. The summed E-state index contributed by atoms with van der Waals surface area (Å²) in [4.78, 5) is 2.38. The van der Waals surface area contributed by atoms with E-state index in [1.165, 1.54) is 22.3 Å². The summed E-state index contributed by atoms with van der Waals surface area (Å²) in [6.45, 7) is 4.28. The van der Waals surface area contributed by atoms with Gasteiger partial charge in [0.05, 0.1) is 6.10 Å². The Bertz CT molecular complexity index is 706. The Morgan fingerprint density at radius 2 is 1.19 bits per heavy atom. The van der Waals surface area contributed by atoms with Crippen LogP contribution < -0.4 is 0 Å². The SMILES string of the molecule is Cc1ccc(C2CC3(N(C)C)CC(O)C2C(c2ccc(C)cc2)C3)cc1. The molecule has 138 valence electrons. The Balaban J connectivity index is 1.78. The fourth-order valence-corrected chi connectivity index (χ4v) is 5.54. The van der Waals surface area contributed by atoms with Crippen molar-refractivity contribution >= 4 is 0 Å². The maximum atomic E-state index is 11.2. The van der Waals surface area contributed by atoms with Crippen molar-refractivity contribution in [2.45, 2.75) is 56.6 Å². The Hall–Kier alpha value is -1.64. The fraction of sp³-hybridized carbons (Fsp3) is 0.500. The molecule has 0 amide bonds. The van der Waals surface area contributed by atoms with Gasteiger partial charge in [0.2, 0.25) is 0 Å². The van der Waals surface area contributed by atoms with Crippen LogP contribution in [0.15, 0.2) is 48.5 Å². The van der Waals surface area contributed by atoms with E-state index in [2.05, 4.69) is 81.4 Å². The lowest BCUT2D eigenvalue weighted by Gasteiger charge is -2.59. The van der Waals surface area contributed by atoms with E-state index < -0.39 is 0 Å². The predicted molar refractivity (Wildman–Crippen MR) is 108 cm³/mol. The Kier molecular flexibility index (Phi) is 4.45. The topological polar surface area (TPSA) is 23.5 Å². The van der Waals surface area contributed by atoms with E-state index in [0.717, 1.165) is 19.3 Å².